The number of hydrogen-bond donors (Lipinski definition) is 0. The molecular formula is C19H28Se4. The third-order valence-electron chi connectivity index (χ3n) is 3.49. The van der Waals surface area contributed by atoms with Crippen molar-refractivity contribution in [2.24, 2.45) is 0 Å². The monoisotopic (exact) mass is 576 g/mol. The summed E-state index contributed by atoms with van der Waals surface area (Å²) >= 11 is 3.49. The van der Waals surface area contributed by atoms with Crippen molar-refractivity contribution >= 4 is 59.8 Å². The average Bonchev–Trinajstić information content (AvgIpc) is 3.25. The zero-order valence-corrected chi connectivity index (χ0v) is 20.7. The molecule has 0 saturated carbocycles. The fraction of sp³-hybridized carbons (Fsp3) is 0.579. The van der Waals surface area contributed by atoms with Crippen LogP contribution in [0.2, 0.25) is 31.9 Å². The summed E-state index contributed by atoms with van der Waals surface area (Å²) in [6.45, 7) is 0. The van der Waals surface area contributed by atoms with Crippen LogP contribution in [0.5, 0.6) is 0 Å². The van der Waals surface area contributed by atoms with Gasteiger partial charge in [-0.25, -0.2) is 0 Å². The zero-order valence-electron chi connectivity index (χ0n) is 13.9. The maximum atomic E-state index is 2.34. The van der Waals surface area contributed by atoms with Gasteiger partial charge in [0.05, 0.1) is 0 Å². The van der Waals surface area contributed by atoms with Crippen LogP contribution in [0.1, 0.15) is 32.1 Å². The Bertz CT molecular complexity index is 395. The van der Waals surface area contributed by atoms with Crippen molar-refractivity contribution in [2.75, 3.05) is 0 Å². The summed E-state index contributed by atoms with van der Waals surface area (Å²) in [5, 5.41) is 9.14. The normalized spacial score (nSPS) is 16.2. The van der Waals surface area contributed by atoms with Crippen LogP contribution in [-0.4, -0.2) is 59.8 Å². The minimum atomic E-state index is 0.800. The first-order valence-corrected chi connectivity index (χ1v) is 17.6. The molecule has 2 rings (SSSR count). The Kier molecular flexibility index (Phi) is 12.6. The van der Waals surface area contributed by atoms with Crippen LogP contribution in [0.4, 0.5) is 0 Å². The fourth-order valence-corrected chi connectivity index (χ4v) is 12.8. The summed E-state index contributed by atoms with van der Waals surface area (Å²) in [4.78, 5) is 0. The van der Waals surface area contributed by atoms with Gasteiger partial charge in [0.2, 0.25) is 0 Å². The molecule has 0 bridgehead atoms. The Morgan fingerprint density at radius 2 is 1.04 bits per heavy atom. The second kappa shape index (κ2) is 14.2. The molecular weight excluding hydrogens is 544 g/mol. The molecule has 0 aliphatic heterocycles. The van der Waals surface area contributed by atoms with Crippen molar-refractivity contribution in [2.45, 2.75) is 64.0 Å². The van der Waals surface area contributed by atoms with E-state index in [4.69, 9.17) is 0 Å². The molecule has 2 aliphatic carbocycles. The van der Waals surface area contributed by atoms with Crippen molar-refractivity contribution in [1.82, 2.24) is 0 Å². The van der Waals surface area contributed by atoms with Crippen LogP contribution in [0.3, 0.4) is 0 Å². The summed E-state index contributed by atoms with van der Waals surface area (Å²) in [5.74, 6) is 0. The van der Waals surface area contributed by atoms with Gasteiger partial charge in [-0.15, -0.1) is 0 Å². The van der Waals surface area contributed by atoms with Crippen LogP contribution in [-0.2, 0) is 0 Å². The average molecular weight is 572 g/mol. The summed E-state index contributed by atoms with van der Waals surface area (Å²) in [5.41, 5.74) is 0. The third-order valence-corrected chi connectivity index (χ3v) is 13.2. The molecule has 0 aromatic carbocycles. The second-order valence-corrected chi connectivity index (χ2v) is 15.8. The zero-order chi connectivity index (χ0) is 16.0. The molecule has 0 atom stereocenters. The van der Waals surface area contributed by atoms with Crippen molar-refractivity contribution < 1.29 is 0 Å². The Morgan fingerprint density at radius 3 is 1.43 bits per heavy atom. The standard InChI is InChI=1S/C19H28Se4/c1-2-9-18(8-1)22-16-6-14-20-12-5-13-21-15-7-17-23-19-10-3-4-11-19/h1-4,8,10H,5-7,9,11-17H2. The van der Waals surface area contributed by atoms with Gasteiger partial charge in [0, 0.05) is 0 Å². The number of allylic oxidation sites excluding steroid dienone is 8. The molecule has 23 heavy (non-hydrogen) atoms. The van der Waals surface area contributed by atoms with E-state index in [1.807, 2.05) is 0 Å². The molecule has 0 radical (unpaired) electrons. The topological polar surface area (TPSA) is 0 Å². The predicted molar refractivity (Wildman–Crippen MR) is 109 cm³/mol. The number of hydrogen-bond acceptors (Lipinski definition) is 0. The van der Waals surface area contributed by atoms with Gasteiger partial charge in [-0.3, -0.25) is 0 Å². The Morgan fingerprint density at radius 1 is 0.609 bits per heavy atom. The van der Waals surface area contributed by atoms with E-state index >= 15 is 0 Å². The van der Waals surface area contributed by atoms with Crippen molar-refractivity contribution in [1.29, 1.82) is 0 Å². The molecule has 0 nitrogen and oxygen atoms in total. The molecule has 0 N–H and O–H groups in total. The van der Waals surface area contributed by atoms with Gasteiger partial charge < -0.3 is 0 Å². The first-order chi connectivity index (χ1) is 11.4. The first-order valence-electron chi connectivity index (χ1n) is 8.57. The Hall–Kier alpha value is 1.04. The molecule has 4 heteroatoms. The van der Waals surface area contributed by atoms with Gasteiger partial charge in [0.25, 0.3) is 0 Å². The van der Waals surface area contributed by atoms with Crippen molar-refractivity contribution in [3.63, 3.8) is 0 Å². The van der Waals surface area contributed by atoms with Gasteiger partial charge in [-0.2, -0.15) is 0 Å². The van der Waals surface area contributed by atoms with Gasteiger partial charge >= 0.3 is 169 Å². The second-order valence-electron chi connectivity index (χ2n) is 5.51. The molecule has 0 saturated heterocycles. The van der Waals surface area contributed by atoms with E-state index in [1.54, 1.807) is 19.6 Å². The quantitative estimate of drug-likeness (QED) is 0.199. The van der Waals surface area contributed by atoms with Gasteiger partial charge in [0.15, 0.2) is 0 Å². The van der Waals surface area contributed by atoms with E-state index in [9.17, 15) is 0 Å². The summed E-state index contributed by atoms with van der Waals surface area (Å²) in [6, 6.07) is 0. The van der Waals surface area contributed by atoms with Gasteiger partial charge in [-0.05, 0) is 0 Å². The van der Waals surface area contributed by atoms with Crippen molar-refractivity contribution in [3.05, 3.63) is 45.4 Å². The van der Waals surface area contributed by atoms with Gasteiger partial charge in [-0.1, -0.05) is 0 Å². The summed E-state index contributed by atoms with van der Waals surface area (Å²) in [6.07, 6.45) is 20.8. The van der Waals surface area contributed by atoms with E-state index in [1.165, 1.54) is 53.4 Å². The molecule has 0 aromatic heterocycles. The molecule has 0 amide bonds. The molecule has 0 aromatic rings. The fourth-order valence-electron chi connectivity index (χ4n) is 2.26. The van der Waals surface area contributed by atoms with Crippen LogP contribution in [0.25, 0.3) is 0 Å². The molecule has 0 spiro atoms. The van der Waals surface area contributed by atoms with Crippen LogP contribution >= 0.6 is 0 Å². The molecule has 0 fully saturated rings. The molecule has 0 unspecified atom stereocenters. The van der Waals surface area contributed by atoms with E-state index in [0.29, 0.717) is 0 Å². The van der Waals surface area contributed by atoms with Crippen LogP contribution < -0.4 is 0 Å². The van der Waals surface area contributed by atoms with Gasteiger partial charge in [0.1, 0.15) is 0 Å². The van der Waals surface area contributed by atoms with Crippen LogP contribution in [0.15, 0.2) is 45.4 Å². The molecule has 0 heterocycles. The Balaban J connectivity index is 1.24. The summed E-state index contributed by atoms with van der Waals surface area (Å²) < 4.78 is 3.43. The predicted octanol–water partition coefficient (Wildman–Crippen LogP) is 5.17. The van der Waals surface area contributed by atoms with Crippen molar-refractivity contribution in [3.8, 4) is 0 Å². The maximum absolute atomic E-state index is 2.34. The summed E-state index contributed by atoms with van der Waals surface area (Å²) in [7, 11) is 0. The SMILES string of the molecule is C1=CCC([Se]CCC[Se]CCC[Se]CCC[Se]C2=CC=CC2)=C1. The minimum absolute atomic E-state index is 0.800. The third kappa shape index (κ3) is 10.6. The van der Waals surface area contributed by atoms with E-state index < -0.39 is 0 Å². The molecule has 2 aliphatic rings. The van der Waals surface area contributed by atoms with E-state index in [-0.39, 0.29) is 0 Å². The molecule has 128 valence electrons. The number of rotatable bonds is 14. The first kappa shape index (κ1) is 20.4. The van der Waals surface area contributed by atoms with E-state index in [2.05, 4.69) is 36.5 Å². The Labute approximate surface area is 168 Å². The van der Waals surface area contributed by atoms with Crippen LogP contribution in [0, 0.1) is 0 Å². The van der Waals surface area contributed by atoms with E-state index in [0.717, 1.165) is 59.8 Å².